The van der Waals surface area contributed by atoms with Crippen LogP contribution in [0.2, 0.25) is 0 Å². The third-order valence-electron chi connectivity index (χ3n) is 5.05. The predicted molar refractivity (Wildman–Crippen MR) is 93.2 cm³/mol. The molecule has 142 valence electrons. The van der Waals surface area contributed by atoms with E-state index in [1.165, 1.54) is 7.11 Å². The number of piperidine rings is 1. The highest BCUT2D eigenvalue weighted by atomic mass is 16.6. The number of benzene rings is 1. The molecule has 2 saturated heterocycles. The van der Waals surface area contributed by atoms with Gasteiger partial charge in [0.15, 0.2) is 0 Å². The van der Waals surface area contributed by atoms with Gasteiger partial charge in [-0.2, -0.15) is 5.26 Å². The normalized spacial score (nSPS) is 18.1. The Hall–Kier alpha value is -3.08. The highest BCUT2D eigenvalue weighted by molar-refractivity contribution is 5.94. The summed E-state index contributed by atoms with van der Waals surface area (Å²) in [5, 5.41) is 8.86. The largest absolute Gasteiger partial charge is 0.469 e. The van der Waals surface area contributed by atoms with E-state index in [4.69, 9.17) is 10.00 Å². The zero-order valence-corrected chi connectivity index (χ0v) is 15.1. The highest BCUT2D eigenvalue weighted by Crippen LogP contribution is 2.34. The third-order valence-corrected chi connectivity index (χ3v) is 5.05. The molecule has 0 radical (unpaired) electrons. The molecule has 0 aliphatic carbocycles. The lowest BCUT2D eigenvalue weighted by Crippen LogP contribution is -2.49. The van der Waals surface area contributed by atoms with Crippen molar-refractivity contribution in [2.45, 2.75) is 31.4 Å². The van der Waals surface area contributed by atoms with Gasteiger partial charge in [-0.15, -0.1) is 0 Å². The molecule has 0 bridgehead atoms. The number of carbonyl (C=O) groups is 3. The summed E-state index contributed by atoms with van der Waals surface area (Å²) in [7, 11) is 1.25. The SMILES string of the molecule is COC(=O)CC(=O)N1CCC2(CC1)CN(Cc1ccc(C#N)cc1)C(=O)O2. The molecule has 2 heterocycles. The quantitative estimate of drug-likeness (QED) is 0.586. The summed E-state index contributed by atoms with van der Waals surface area (Å²) in [5.74, 6) is -0.823. The Morgan fingerprint density at radius 1 is 1.26 bits per heavy atom. The number of ether oxygens (including phenoxy) is 2. The average molecular weight is 371 g/mol. The first-order valence-electron chi connectivity index (χ1n) is 8.76. The number of hydrogen-bond acceptors (Lipinski definition) is 6. The summed E-state index contributed by atoms with van der Waals surface area (Å²) in [5.41, 5.74) is 0.906. The molecule has 2 fully saturated rings. The van der Waals surface area contributed by atoms with Crippen LogP contribution in [0.4, 0.5) is 4.79 Å². The Morgan fingerprint density at radius 2 is 1.93 bits per heavy atom. The Morgan fingerprint density at radius 3 is 2.52 bits per heavy atom. The number of amides is 2. The zero-order chi connectivity index (χ0) is 19.4. The summed E-state index contributed by atoms with van der Waals surface area (Å²) in [4.78, 5) is 38.9. The second-order valence-corrected chi connectivity index (χ2v) is 6.85. The number of esters is 1. The first-order valence-corrected chi connectivity index (χ1v) is 8.76. The van der Waals surface area contributed by atoms with Crippen LogP contribution in [0.25, 0.3) is 0 Å². The Bertz CT molecular complexity index is 776. The Labute approximate surface area is 157 Å². The van der Waals surface area contributed by atoms with Crippen molar-refractivity contribution in [3.63, 3.8) is 0 Å². The molecule has 8 heteroatoms. The second kappa shape index (κ2) is 7.66. The molecule has 2 aliphatic heterocycles. The van der Waals surface area contributed by atoms with Gasteiger partial charge in [0.05, 0.1) is 25.3 Å². The number of hydrogen-bond donors (Lipinski definition) is 0. The zero-order valence-electron chi connectivity index (χ0n) is 15.1. The predicted octanol–water partition coefficient (Wildman–Crippen LogP) is 1.43. The van der Waals surface area contributed by atoms with Crippen molar-refractivity contribution in [3.8, 4) is 6.07 Å². The summed E-state index contributed by atoms with van der Waals surface area (Å²) in [6.45, 7) is 1.75. The van der Waals surface area contributed by atoms with Crippen LogP contribution >= 0.6 is 0 Å². The summed E-state index contributed by atoms with van der Waals surface area (Å²) in [6, 6.07) is 9.15. The molecule has 0 unspecified atom stereocenters. The smallest absolute Gasteiger partial charge is 0.410 e. The van der Waals surface area contributed by atoms with Crippen LogP contribution in [0.15, 0.2) is 24.3 Å². The van der Waals surface area contributed by atoms with Crippen LogP contribution in [-0.4, -0.2) is 60.1 Å². The van der Waals surface area contributed by atoms with E-state index < -0.39 is 11.6 Å². The van der Waals surface area contributed by atoms with Gasteiger partial charge in [-0.05, 0) is 17.7 Å². The fraction of sp³-hybridized carbons (Fsp3) is 0.474. The van der Waals surface area contributed by atoms with E-state index in [2.05, 4.69) is 10.8 Å². The van der Waals surface area contributed by atoms with Gasteiger partial charge in [-0.25, -0.2) is 4.79 Å². The molecule has 1 aromatic rings. The molecular weight excluding hydrogens is 350 g/mol. The number of likely N-dealkylation sites (tertiary alicyclic amines) is 1. The maximum Gasteiger partial charge on any atom is 0.410 e. The lowest BCUT2D eigenvalue weighted by molar-refractivity contribution is -0.148. The summed E-state index contributed by atoms with van der Waals surface area (Å²) >= 11 is 0. The van der Waals surface area contributed by atoms with E-state index in [1.807, 2.05) is 12.1 Å². The molecular formula is C19H21N3O5. The van der Waals surface area contributed by atoms with E-state index in [0.717, 1.165) is 5.56 Å². The molecule has 1 aromatic carbocycles. The number of nitrogens with zero attached hydrogens (tertiary/aromatic N) is 3. The third kappa shape index (κ3) is 4.19. The second-order valence-electron chi connectivity index (χ2n) is 6.85. The molecule has 0 saturated carbocycles. The fourth-order valence-electron chi connectivity index (χ4n) is 3.45. The van der Waals surface area contributed by atoms with Gasteiger partial charge in [0, 0.05) is 32.5 Å². The monoisotopic (exact) mass is 371 g/mol. The maximum absolute atomic E-state index is 12.3. The topological polar surface area (TPSA) is 99.9 Å². The molecule has 27 heavy (non-hydrogen) atoms. The number of methoxy groups -OCH3 is 1. The van der Waals surface area contributed by atoms with Crippen LogP contribution < -0.4 is 0 Å². The van der Waals surface area contributed by atoms with Crippen LogP contribution in [0.1, 0.15) is 30.4 Å². The number of rotatable bonds is 4. The average Bonchev–Trinajstić information content (AvgIpc) is 2.97. The van der Waals surface area contributed by atoms with Gasteiger partial charge >= 0.3 is 12.1 Å². The van der Waals surface area contributed by atoms with E-state index in [1.54, 1.807) is 21.9 Å². The van der Waals surface area contributed by atoms with Crippen molar-refractivity contribution in [2.24, 2.45) is 0 Å². The Kier molecular flexibility index (Phi) is 5.31. The van der Waals surface area contributed by atoms with Crippen molar-refractivity contribution in [1.29, 1.82) is 5.26 Å². The van der Waals surface area contributed by atoms with Crippen molar-refractivity contribution in [3.05, 3.63) is 35.4 Å². The first-order chi connectivity index (χ1) is 12.9. The molecule has 1 spiro atoms. The minimum atomic E-state index is -0.592. The van der Waals surface area contributed by atoms with Crippen molar-refractivity contribution in [1.82, 2.24) is 9.80 Å². The lowest BCUT2D eigenvalue weighted by atomic mass is 9.91. The molecule has 8 nitrogen and oxygen atoms in total. The number of carbonyl (C=O) groups excluding carboxylic acids is 3. The van der Waals surface area contributed by atoms with E-state index in [-0.39, 0.29) is 18.4 Å². The van der Waals surface area contributed by atoms with Gasteiger partial charge in [0.1, 0.15) is 12.0 Å². The van der Waals surface area contributed by atoms with Gasteiger partial charge in [0.2, 0.25) is 5.91 Å². The van der Waals surface area contributed by atoms with Gasteiger partial charge in [0.25, 0.3) is 0 Å². The molecule has 2 aliphatic rings. The molecule has 0 aromatic heterocycles. The van der Waals surface area contributed by atoms with Crippen LogP contribution in [0.5, 0.6) is 0 Å². The van der Waals surface area contributed by atoms with Crippen molar-refractivity contribution in [2.75, 3.05) is 26.7 Å². The van der Waals surface area contributed by atoms with Crippen LogP contribution in [0, 0.1) is 11.3 Å². The summed E-state index contributed by atoms with van der Waals surface area (Å²) < 4.78 is 10.2. The highest BCUT2D eigenvalue weighted by Gasteiger charge is 2.47. The first kappa shape index (κ1) is 18.7. The molecule has 0 atom stereocenters. The fourth-order valence-corrected chi connectivity index (χ4v) is 3.45. The van der Waals surface area contributed by atoms with Gasteiger partial charge < -0.3 is 14.4 Å². The van der Waals surface area contributed by atoms with E-state index in [9.17, 15) is 14.4 Å². The van der Waals surface area contributed by atoms with E-state index >= 15 is 0 Å². The Balaban J connectivity index is 1.56. The van der Waals surface area contributed by atoms with Gasteiger partial charge in [-0.3, -0.25) is 14.5 Å². The number of nitriles is 1. The van der Waals surface area contributed by atoms with Crippen molar-refractivity contribution < 1.29 is 23.9 Å². The molecule has 2 amide bonds. The molecule has 3 rings (SSSR count). The maximum atomic E-state index is 12.3. The van der Waals surface area contributed by atoms with E-state index in [0.29, 0.717) is 44.6 Å². The van der Waals surface area contributed by atoms with Gasteiger partial charge in [-0.1, -0.05) is 12.1 Å². The summed E-state index contributed by atoms with van der Waals surface area (Å²) in [6.07, 6.45) is 0.438. The minimum Gasteiger partial charge on any atom is -0.469 e. The van der Waals surface area contributed by atoms with Crippen molar-refractivity contribution >= 4 is 18.0 Å². The molecule has 0 N–H and O–H groups in total. The minimum absolute atomic E-state index is 0.268. The van der Waals surface area contributed by atoms with Crippen LogP contribution in [-0.2, 0) is 25.6 Å². The lowest BCUT2D eigenvalue weighted by Gasteiger charge is -2.37. The standard InChI is InChI=1S/C19H21N3O5/c1-26-17(24)10-16(23)21-8-6-19(7-9-21)13-22(18(25)27-19)12-15-4-2-14(11-20)3-5-15/h2-5H,6-10,12-13H2,1H3. The van der Waals surface area contributed by atoms with Crippen LogP contribution in [0.3, 0.4) is 0 Å².